The van der Waals surface area contributed by atoms with Crippen molar-refractivity contribution in [3.63, 3.8) is 0 Å². The fourth-order valence-electron chi connectivity index (χ4n) is 2.08. The maximum atomic E-state index is 12.2. The Morgan fingerprint density at radius 1 is 1.12 bits per heavy atom. The Kier molecular flexibility index (Phi) is 6.08. The molecule has 1 aromatic heterocycles. The SMILES string of the molecule is Cc1cc(C(=O)NCCCC(=O)O)c(NC(=O)c2ccccc2)s1. The summed E-state index contributed by atoms with van der Waals surface area (Å²) in [6, 6.07) is 10.5. The summed E-state index contributed by atoms with van der Waals surface area (Å²) in [5.74, 6) is -1.50. The second kappa shape index (κ2) is 8.26. The first-order chi connectivity index (χ1) is 11.5. The molecule has 2 aromatic rings. The van der Waals surface area contributed by atoms with E-state index in [9.17, 15) is 14.4 Å². The zero-order valence-electron chi connectivity index (χ0n) is 13.2. The Morgan fingerprint density at radius 3 is 2.50 bits per heavy atom. The second-order valence-corrected chi connectivity index (χ2v) is 6.43. The summed E-state index contributed by atoms with van der Waals surface area (Å²) in [6.07, 6.45) is 0.358. The number of carbonyl (C=O) groups excluding carboxylic acids is 2. The molecule has 0 aliphatic heterocycles. The zero-order chi connectivity index (χ0) is 17.5. The number of anilines is 1. The molecule has 0 saturated heterocycles. The maximum absolute atomic E-state index is 12.2. The van der Waals surface area contributed by atoms with Gasteiger partial charge in [-0.25, -0.2) is 0 Å². The minimum absolute atomic E-state index is 0.000541. The monoisotopic (exact) mass is 346 g/mol. The third-order valence-electron chi connectivity index (χ3n) is 3.22. The van der Waals surface area contributed by atoms with E-state index in [0.717, 1.165) is 4.88 Å². The van der Waals surface area contributed by atoms with E-state index < -0.39 is 5.97 Å². The van der Waals surface area contributed by atoms with Crippen LogP contribution >= 0.6 is 11.3 Å². The number of hydrogen-bond donors (Lipinski definition) is 3. The van der Waals surface area contributed by atoms with Crippen LogP contribution in [0.2, 0.25) is 0 Å². The van der Waals surface area contributed by atoms with Crippen molar-refractivity contribution < 1.29 is 19.5 Å². The summed E-state index contributed by atoms with van der Waals surface area (Å²) in [5.41, 5.74) is 0.897. The van der Waals surface area contributed by atoms with Crippen molar-refractivity contribution in [2.24, 2.45) is 0 Å². The Morgan fingerprint density at radius 2 is 1.83 bits per heavy atom. The molecule has 0 fully saturated rings. The van der Waals surface area contributed by atoms with Gasteiger partial charge in [-0.15, -0.1) is 11.3 Å². The Bertz CT molecular complexity index is 740. The van der Waals surface area contributed by atoms with E-state index in [1.165, 1.54) is 11.3 Å². The van der Waals surface area contributed by atoms with Crippen LogP contribution in [0.25, 0.3) is 0 Å². The van der Waals surface area contributed by atoms with Crippen molar-refractivity contribution in [3.05, 3.63) is 52.4 Å². The summed E-state index contributed by atoms with van der Waals surface area (Å²) < 4.78 is 0. The molecule has 0 saturated carbocycles. The van der Waals surface area contributed by atoms with Gasteiger partial charge in [-0.3, -0.25) is 14.4 Å². The largest absolute Gasteiger partial charge is 0.481 e. The highest BCUT2D eigenvalue weighted by Crippen LogP contribution is 2.28. The summed E-state index contributed by atoms with van der Waals surface area (Å²) >= 11 is 1.32. The van der Waals surface area contributed by atoms with Crippen LogP contribution in [0.1, 0.15) is 38.4 Å². The average Bonchev–Trinajstić information content (AvgIpc) is 2.92. The number of hydrogen-bond acceptors (Lipinski definition) is 4. The number of nitrogens with one attached hydrogen (secondary N) is 2. The van der Waals surface area contributed by atoms with Crippen LogP contribution in [0.4, 0.5) is 5.00 Å². The van der Waals surface area contributed by atoms with Crippen molar-refractivity contribution in [1.29, 1.82) is 0 Å². The lowest BCUT2D eigenvalue weighted by molar-refractivity contribution is -0.137. The van der Waals surface area contributed by atoms with Gasteiger partial charge in [0.1, 0.15) is 5.00 Å². The molecule has 3 N–H and O–H groups in total. The Balaban J connectivity index is 2.03. The number of carboxylic acids is 1. The van der Waals surface area contributed by atoms with Crippen LogP contribution in [0.5, 0.6) is 0 Å². The molecule has 0 aliphatic rings. The standard InChI is InChI=1S/C17H18N2O4S/c1-11-10-13(16(23)18-9-5-8-14(20)21)17(24-11)19-15(22)12-6-3-2-4-7-12/h2-4,6-7,10H,5,8-9H2,1H3,(H,18,23)(H,19,22)(H,20,21). The van der Waals surface area contributed by atoms with Gasteiger partial charge in [0.05, 0.1) is 5.56 Å². The van der Waals surface area contributed by atoms with Gasteiger partial charge >= 0.3 is 5.97 Å². The van der Waals surface area contributed by atoms with Gasteiger partial charge in [0.25, 0.3) is 11.8 Å². The van der Waals surface area contributed by atoms with Crippen molar-refractivity contribution >= 4 is 34.1 Å². The van der Waals surface area contributed by atoms with E-state index in [0.29, 0.717) is 22.5 Å². The van der Waals surface area contributed by atoms with Crippen molar-refractivity contribution in [1.82, 2.24) is 5.32 Å². The molecule has 7 heteroatoms. The van der Waals surface area contributed by atoms with Crippen molar-refractivity contribution in [3.8, 4) is 0 Å². The normalized spacial score (nSPS) is 10.2. The van der Waals surface area contributed by atoms with E-state index in [2.05, 4.69) is 10.6 Å². The van der Waals surface area contributed by atoms with Crippen LogP contribution in [0.15, 0.2) is 36.4 Å². The van der Waals surface area contributed by atoms with Crippen LogP contribution in [0, 0.1) is 6.92 Å². The Hall–Kier alpha value is -2.67. The van der Waals surface area contributed by atoms with Gasteiger partial charge in [0.15, 0.2) is 0 Å². The molecule has 1 aromatic carbocycles. The topological polar surface area (TPSA) is 95.5 Å². The van der Waals surface area contributed by atoms with E-state index in [1.54, 1.807) is 30.3 Å². The molecule has 0 bridgehead atoms. The number of amides is 2. The minimum atomic E-state index is -0.897. The van der Waals surface area contributed by atoms with Crippen LogP contribution < -0.4 is 10.6 Å². The molecule has 0 spiro atoms. The zero-order valence-corrected chi connectivity index (χ0v) is 14.0. The van der Waals surface area contributed by atoms with Crippen LogP contribution in [-0.4, -0.2) is 29.4 Å². The molecular weight excluding hydrogens is 328 g/mol. The third kappa shape index (κ3) is 4.92. The number of aliphatic carboxylic acids is 1. The Labute approximate surface area is 143 Å². The average molecular weight is 346 g/mol. The smallest absolute Gasteiger partial charge is 0.303 e. The van der Waals surface area contributed by atoms with Gasteiger partial charge in [-0.05, 0) is 31.5 Å². The second-order valence-electron chi connectivity index (χ2n) is 5.17. The molecule has 1 heterocycles. The lowest BCUT2D eigenvalue weighted by Crippen LogP contribution is -2.25. The highest BCUT2D eigenvalue weighted by molar-refractivity contribution is 7.16. The van der Waals surface area contributed by atoms with Gasteiger partial charge < -0.3 is 15.7 Å². The predicted octanol–water partition coefficient (Wildman–Crippen LogP) is 2.90. The van der Waals surface area contributed by atoms with Crippen LogP contribution in [0.3, 0.4) is 0 Å². The number of aryl methyl sites for hydroxylation is 1. The number of carbonyl (C=O) groups is 3. The molecule has 126 valence electrons. The third-order valence-corrected chi connectivity index (χ3v) is 4.18. The quantitative estimate of drug-likeness (QED) is 0.672. The van der Waals surface area contributed by atoms with E-state index >= 15 is 0 Å². The molecule has 2 amide bonds. The van der Waals surface area contributed by atoms with Crippen molar-refractivity contribution in [2.45, 2.75) is 19.8 Å². The molecule has 0 unspecified atom stereocenters. The first kappa shape index (κ1) is 17.7. The highest BCUT2D eigenvalue weighted by atomic mass is 32.1. The summed E-state index contributed by atoms with van der Waals surface area (Å²) in [7, 11) is 0. The number of rotatable bonds is 7. The van der Waals surface area contributed by atoms with E-state index in [1.807, 2.05) is 13.0 Å². The lowest BCUT2D eigenvalue weighted by Gasteiger charge is -2.07. The first-order valence-electron chi connectivity index (χ1n) is 7.44. The predicted molar refractivity (Wildman–Crippen MR) is 92.7 cm³/mol. The van der Waals surface area contributed by atoms with Crippen molar-refractivity contribution in [2.75, 3.05) is 11.9 Å². The van der Waals surface area contributed by atoms with Gasteiger partial charge in [0, 0.05) is 23.4 Å². The number of benzene rings is 1. The summed E-state index contributed by atoms with van der Waals surface area (Å²) in [4.78, 5) is 35.8. The molecule has 0 radical (unpaired) electrons. The maximum Gasteiger partial charge on any atom is 0.303 e. The lowest BCUT2D eigenvalue weighted by atomic mass is 10.2. The van der Waals surface area contributed by atoms with Gasteiger partial charge in [-0.1, -0.05) is 18.2 Å². The molecule has 24 heavy (non-hydrogen) atoms. The highest BCUT2D eigenvalue weighted by Gasteiger charge is 2.17. The molecule has 2 rings (SSSR count). The fraction of sp³-hybridized carbons (Fsp3) is 0.235. The van der Waals surface area contributed by atoms with Gasteiger partial charge in [-0.2, -0.15) is 0 Å². The minimum Gasteiger partial charge on any atom is -0.481 e. The number of carboxylic acid groups (broad SMARTS) is 1. The van der Waals surface area contributed by atoms with Crippen LogP contribution in [-0.2, 0) is 4.79 Å². The fourth-order valence-corrected chi connectivity index (χ4v) is 2.98. The van der Waals surface area contributed by atoms with Gasteiger partial charge in [0.2, 0.25) is 0 Å². The van der Waals surface area contributed by atoms with E-state index in [-0.39, 0.29) is 24.8 Å². The molecular formula is C17H18N2O4S. The molecule has 0 aliphatic carbocycles. The molecule has 0 atom stereocenters. The molecule has 6 nitrogen and oxygen atoms in total. The van der Waals surface area contributed by atoms with E-state index in [4.69, 9.17) is 5.11 Å². The summed E-state index contributed by atoms with van der Waals surface area (Å²) in [6.45, 7) is 2.12. The first-order valence-corrected chi connectivity index (χ1v) is 8.26. The summed E-state index contributed by atoms with van der Waals surface area (Å²) in [5, 5.41) is 14.5. The number of thiophene rings is 1.